The van der Waals surface area contributed by atoms with Crippen LogP contribution in [0.3, 0.4) is 0 Å². The standard InChI is InChI=1S/C24H35N3O4S/c1-2-31-21(29)24(13-14-24)15-19(28)20-16-25-22(32-20)26-23(30)27(17-9-5-3-6-10-17)18-11-7-4-8-12-18/h16-18H,2-15H2,1H3,(H,25,26,30). The maximum absolute atomic E-state index is 13.3. The fraction of sp³-hybridized carbons (Fsp3) is 0.750. The van der Waals surface area contributed by atoms with Crippen LogP contribution in [0, 0.1) is 5.41 Å². The zero-order chi connectivity index (χ0) is 22.6. The summed E-state index contributed by atoms with van der Waals surface area (Å²) in [6.45, 7) is 2.10. The topological polar surface area (TPSA) is 88.6 Å². The Labute approximate surface area is 194 Å². The van der Waals surface area contributed by atoms with Gasteiger partial charge in [0.05, 0.1) is 23.1 Å². The number of nitrogens with zero attached hydrogens (tertiary/aromatic N) is 2. The molecule has 0 atom stereocenters. The van der Waals surface area contributed by atoms with Crippen LogP contribution in [-0.4, -0.2) is 46.4 Å². The number of Topliss-reactive ketones (excluding diaryl/α,β-unsaturated/α-hetero) is 1. The van der Waals surface area contributed by atoms with Gasteiger partial charge in [-0.2, -0.15) is 0 Å². The summed E-state index contributed by atoms with van der Waals surface area (Å²) in [5, 5.41) is 3.44. The highest BCUT2D eigenvalue weighted by atomic mass is 32.1. The van der Waals surface area contributed by atoms with Crippen LogP contribution < -0.4 is 5.32 Å². The van der Waals surface area contributed by atoms with Crippen molar-refractivity contribution in [3.8, 4) is 0 Å². The number of ether oxygens (including phenoxy) is 1. The van der Waals surface area contributed by atoms with Crippen molar-refractivity contribution < 1.29 is 19.1 Å². The SMILES string of the molecule is CCOC(=O)C1(CC(=O)c2cnc(NC(=O)N(C3CCCCC3)C3CCCCC3)s2)CC1. The second kappa shape index (κ2) is 10.3. The van der Waals surface area contributed by atoms with Crippen molar-refractivity contribution in [1.29, 1.82) is 0 Å². The number of rotatable bonds is 8. The third-order valence-electron chi connectivity index (χ3n) is 7.23. The normalized spacial score (nSPS) is 21.0. The van der Waals surface area contributed by atoms with Crippen LogP contribution in [-0.2, 0) is 9.53 Å². The van der Waals surface area contributed by atoms with Crippen LogP contribution in [0.4, 0.5) is 9.93 Å². The predicted molar refractivity (Wildman–Crippen MR) is 124 cm³/mol. The quantitative estimate of drug-likeness (QED) is 0.404. The predicted octanol–water partition coefficient (Wildman–Crippen LogP) is 5.56. The molecule has 1 N–H and O–H groups in total. The van der Waals surface area contributed by atoms with Crippen molar-refractivity contribution in [1.82, 2.24) is 9.88 Å². The van der Waals surface area contributed by atoms with E-state index in [9.17, 15) is 14.4 Å². The van der Waals surface area contributed by atoms with Gasteiger partial charge in [-0.05, 0) is 45.4 Å². The number of amides is 2. The number of hydrogen-bond donors (Lipinski definition) is 1. The van der Waals surface area contributed by atoms with Crippen molar-refractivity contribution in [2.45, 2.75) is 102 Å². The van der Waals surface area contributed by atoms with Crippen molar-refractivity contribution in [3.63, 3.8) is 0 Å². The van der Waals surface area contributed by atoms with Crippen LogP contribution in [0.2, 0.25) is 0 Å². The molecule has 8 heteroatoms. The van der Waals surface area contributed by atoms with Gasteiger partial charge in [0.2, 0.25) is 0 Å². The second-order valence-electron chi connectivity index (χ2n) is 9.55. The van der Waals surface area contributed by atoms with Crippen molar-refractivity contribution in [2.24, 2.45) is 5.41 Å². The summed E-state index contributed by atoms with van der Waals surface area (Å²) in [6.07, 6.45) is 14.6. The zero-order valence-corrected chi connectivity index (χ0v) is 19.9. The number of urea groups is 1. The molecular weight excluding hydrogens is 426 g/mol. The fourth-order valence-corrected chi connectivity index (χ4v) is 5.99. The van der Waals surface area contributed by atoms with Crippen molar-refractivity contribution in [3.05, 3.63) is 11.1 Å². The molecule has 3 saturated carbocycles. The Hall–Kier alpha value is -1.96. The summed E-state index contributed by atoms with van der Waals surface area (Å²) in [5.74, 6) is -0.382. The lowest BCUT2D eigenvalue weighted by atomic mass is 9.89. The van der Waals surface area contributed by atoms with Gasteiger partial charge in [-0.15, -0.1) is 0 Å². The first-order valence-electron chi connectivity index (χ1n) is 12.3. The molecule has 1 aromatic rings. The van der Waals surface area contributed by atoms with E-state index in [0.29, 0.717) is 41.5 Å². The summed E-state index contributed by atoms with van der Waals surface area (Å²) in [4.78, 5) is 45.2. The molecule has 0 aliphatic heterocycles. The molecule has 1 aromatic heterocycles. The molecule has 32 heavy (non-hydrogen) atoms. The summed E-state index contributed by atoms with van der Waals surface area (Å²) in [6, 6.07) is 0.516. The highest BCUT2D eigenvalue weighted by molar-refractivity contribution is 7.17. The molecule has 3 aliphatic carbocycles. The van der Waals surface area contributed by atoms with Crippen molar-refractivity contribution in [2.75, 3.05) is 11.9 Å². The van der Waals surface area contributed by atoms with E-state index in [1.807, 2.05) is 0 Å². The van der Waals surface area contributed by atoms with E-state index in [0.717, 1.165) is 25.7 Å². The van der Waals surface area contributed by atoms with Gasteiger partial charge < -0.3 is 9.64 Å². The Balaban J connectivity index is 1.40. The van der Waals surface area contributed by atoms with Crippen LogP contribution in [0.25, 0.3) is 0 Å². The van der Waals surface area contributed by atoms with Gasteiger partial charge in [0.25, 0.3) is 0 Å². The van der Waals surface area contributed by atoms with Gasteiger partial charge in [-0.25, -0.2) is 9.78 Å². The molecule has 1 heterocycles. The molecule has 0 saturated heterocycles. The third kappa shape index (κ3) is 5.33. The van der Waals surface area contributed by atoms with Gasteiger partial charge in [0.15, 0.2) is 10.9 Å². The number of ketones is 1. The van der Waals surface area contributed by atoms with Crippen LogP contribution >= 0.6 is 11.3 Å². The summed E-state index contributed by atoms with van der Waals surface area (Å²) < 4.78 is 5.14. The Morgan fingerprint density at radius 2 is 1.66 bits per heavy atom. The maximum atomic E-state index is 13.3. The lowest BCUT2D eigenvalue weighted by Crippen LogP contribution is -2.50. The van der Waals surface area contributed by atoms with E-state index in [1.54, 1.807) is 6.92 Å². The number of esters is 1. The maximum Gasteiger partial charge on any atom is 0.324 e. The minimum absolute atomic E-state index is 0.0812. The number of nitrogens with one attached hydrogen (secondary N) is 1. The smallest absolute Gasteiger partial charge is 0.324 e. The van der Waals surface area contributed by atoms with E-state index in [4.69, 9.17) is 4.74 Å². The number of anilines is 1. The number of thiazole rings is 1. The van der Waals surface area contributed by atoms with E-state index in [2.05, 4.69) is 15.2 Å². The van der Waals surface area contributed by atoms with Gasteiger partial charge in [-0.1, -0.05) is 49.9 Å². The number of hydrogen-bond acceptors (Lipinski definition) is 6. The zero-order valence-electron chi connectivity index (χ0n) is 19.1. The molecular formula is C24H35N3O4S. The average molecular weight is 462 g/mol. The molecule has 3 fully saturated rings. The first kappa shape index (κ1) is 23.2. The molecule has 0 spiro atoms. The lowest BCUT2D eigenvalue weighted by Gasteiger charge is -2.41. The third-order valence-corrected chi connectivity index (χ3v) is 8.18. The Bertz CT molecular complexity index is 805. The van der Waals surface area contributed by atoms with Gasteiger partial charge in [0, 0.05) is 18.5 Å². The van der Waals surface area contributed by atoms with Crippen LogP contribution in [0.5, 0.6) is 0 Å². The van der Waals surface area contributed by atoms with E-state index in [1.165, 1.54) is 56.1 Å². The Morgan fingerprint density at radius 3 is 2.19 bits per heavy atom. The minimum Gasteiger partial charge on any atom is -0.466 e. The highest BCUT2D eigenvalue weighted by Crippen LogP contribution is 2.50. The molecule has 0 aromatic carbocycles. The number of carbonyl (C=O) groups is 3. The summed E-state index contributed by atoms with van der Waals surface area (Å²) >= 11 is 1.20. The highest BCUT2D eigenvalue weighted by Gasteiger charge is 2.52. The van der Waals surface area contributed by atoms with Crippen LogP contribution in [0.15, 0.2) is 6.20 Å². The average Bonchev–Trinajstić information content (AvgIpc) is 3.44. The molecule has 4 rings (SSSR count). The van der Waals surface area contributed by atoms with Crippen LogP contribution in [0.1, 0.15) is 100 Å². The molecule has 0 bridgehead atoms. The minimum atomic E-state index is -0.654. The van der Waals surface area contributed by atoms with Crippen molar-refractivity contribution >= 4 is 34.3 Å². The summed E-state index contributed by atoms with van der Waals surface area (Å²) in [5.41, 5.74) is -0.654. The van der Waals surface area contributed by atoms with E-state index in [-0.39, 0.29) is 24.2 Å². The number of carbonyl (C=O) groups excluding carboxylic acids is 3. The molecule has 0 unspecified atom stereocenters. The fourth-order valence-electron chi connectivity index (χ4n) is 5.25. The second-order valence-corrected chi connectivity index (χ2v) is 10.6. The van der Waals surface area contributed by atoms with Gasteiger partial charge in [-0.3, -0.25) is 14.9 Å². The first-order chi connectivity index (χ1) is 15.5. The monoisotopic (exact) mass is 461 g/mol. The molecule has 0 radical (unpaired) electrons. The molecule has 176 valence electrons. The molecule has 2 amide bonds. The molecule has 3 aliphatic rings. The van der Waals surface area contributed by atoms with Gasteiger partial charge in [0.1, 0.15) is 0 Å². The summed E-state index contributed by atoms with van der Waals surface area (Å²) in [7, 11) is 0. The van der Waals surface area contributed by atoms with Gasteiger partial charge >= 0.3 is 12.0 Å². The van der Waals surface area contributed by atoms with E-state index < -0.39 is 5.41 Å². The first-order valence-corrected chi connectivity index (χ1v) is 13.1. The largest absolute Gasteiger partial charge is 0.466 e. The number of aromatic nitrogens is 1. The Morgan fingerprint density at radius 1 is 1.06 bits per heavy atom. The van der Waals surface area contributed by atoms with E-state index >= 15 is 0 Å². The Kier molecular flexibility index (Phi) is 7.48. The molecule has 7 nitrogen and oxygen atoms in total. The lowest BCUT2D eigenvalue weighted by molar-refractivity contribution is -0.149.